The van der Waals surface area contributed by atoms with Gasteiger partial charge in [0.05, 0.1) is 0 Å². The highest BCUT2D eigenvalue weighted by molar-refractivity contribution is 7.88. The lowest BCUT2D eigenvalue weighted by Crippen LogP contribution is -2.50. The van der Waals surface area contributed by atoms with Crippen LogP contribution in [0.1, 0.15) is 39.7 Å². The van der Waals surface area contributed by atoms with E-state index in [0.29, 0.717) is 23.5 Å². The van der Waals surface area contributed by atoms with Crippen LogP contribution in [0.25, 0.3) is 0 Å². The first-order chi connectivity index (χ1) is 12.4. The first-order valence-electron chi connectivity index (χ1n) is 8.54. The molecule has 0 saturated heterocycles. The maximum Gasteiger partial charge on any atom is 0.423 e. The van der Waals surface area contributed by atoms with Gasteiger partial charge in [-0.3, -0.25) is 0 Å². The van der Waals surface area contributed by atoms with Crippen LogP contribution >= 0.6 is 0 Å². The Balaban J connectivity index is 2.05. The predicted octanol–water partition coefficient (Wildman–Crippen LogP) is 2.17. The molecule has 0 saturated carbocycles. The van der Waals surface area contributed by atoms with Crippen LogP contribution in [-0.2, 0) is 16.6 Å². The van der Waals surface area contributed by atoms with Gasteiger partial charge in [-0.05, 0) is 33.3 Å². The number of carbonyl (C=O) groups is 2. The Bertz CT molecular complexity index is 837. The van der Waals surface area contributed by atoms with Gasteiger partial charge in [0.25, 0.3) is 0 Å². The summed E-state index contributed by atoms with van der Waals surface area (Å²) in [5, 5.41) is 0. The number of nitrogens with zero attached hydrogens (tertiary/aromatic N) is 1. The van der Waals surface area contributed by atoms with Gasteiger partial charge in [-0.15, -0.1) is 0 Å². The summed E-state index contributed by atoms with van der Waals surface area (Å²) in [5.74, 6) is 0.610. The molecule has 0 bridgehead atoms. The SMILES string of the molecule is CCC(C)NS(=O)(=O)NC(=O)N(C)C(=O)Oc1cccc2c1OC(C)(C)C2. The molecule has 1 aromatic rings. The van der Waals surface area contributed by atoms with E-state index in [-0.39, 0.29) is 11.8 Å². The minimum Gasteiger partial charge on any atom is -0.483 e. The lowest BCUT2D eigenvalue weighted by molar-refractivity contribution is 0.129. The quantitative estimate of drug-likeness (QED) is 0.784. The minimum atomic E-state index is -4.09. The summed E-state index contributed by atoms with van der Waals surface area (Å²) in [6.07, 6.45) is 0.166. The van der Waals surface area contributed by atoms with Crippen LogP contribution in [0.3, 0.4) is 0 Å². The second kappa shape index (κ2) is 7.73. The summed E-state index contributed by atoms with van der Waals surface area (Å²) in [6.45, 7) is 7.26. The highest BCUT2D eigenvalue weighted by Gasteiger charge is 2.33. The number of imide groups is 1. The van der Waals surface area contributed by atoms with Crippen LogP contribution in [0.2, 0.25) is 0 Å². The van der Waals surface area contributed by atoms with E-state index < -0.39 is 27.9 Å². The number of para-hydroxylation sites is 1. The molecule has 150 valence electrons. The van der Waals surface area contributed by atoms with E-state index in [0.717, 1.165) is 12.6 Å². The fourth-order valence-electron chi connectivity index (χ4n) is 2.47. The molecule has 10 heteroatoms. The van der Waals surface area contributed by atoms with E-state index >= 15 is 0 Å². The maximum atomic E-state index is 12.3. The van der Waals surface area contributed by atoms with Gasteiger partial charge in [0.2, 0.25) is 0 Å². The van der Waals surface area contributed by atoms with Crippen molar-refractivity contribution in [3.05, 3.63) is 23.8 Å². The summed E-state index contributed by atoms with van der Waals surface area (Å²) in [4.78, 5) is 24.8. The lowest BCUT2D eigenvalue weighted by Gasteiger charge is -2.20. The molecule has 1 heterocycles. The molecule has 1 atom stereocenters. The number of fused-ring (bicyclic) bond motifs is 1. The van der Waals surface area contributed by atoms with Gasteiger partial charge in [-0.1, -0.05) is 19.1 Å². The number of urea groups is 1. The third-order valence-corrected chi connectivity index (χ3v) is 5.18. The van der Waals surface area contributed by atoms with Crippen LogP contribution in [0.15, 0.2) is 18.2 Å². The molecule has 9 nitrogen and oxygen atoms in total. The zero-order chi connectivity index (χ0) is 20.4. The highest BCUT2D eigenvalue weighted by atomic mass is 32.2. The number of amides is 3. The van der Waals surface area contributed by atoms with Crippen molar-refractivity contribution in [2.75, 3.05) is 7.05 Å². The summed E-state index contributed by atoms with van der Waals surface area (Å²) < 4.78 is 38.8. The van der Waals surface area contributed by atoms with Crippen molar-refractivity contribution in [2.45, 2.75) is 52.2 Å². The Kier molecular flexibility index (Phi) is 6.01. The summed E-state index contributed by atoms with van der Waals surface area (Å²) in [5.41, 5.74) is 0.460. The normalized spacial score (nSPS) is 16.0. The van der Waals surface area contributed by atoms with Crippen LogP contribution in [0.4, 0.5) is 9.59 Å². The van der Waals surface area contributed by atoms with E-state index in [9.17, 15) is 18.0 Å². The van der Waals surface area contributed by atoms with Gasteiger partial charge in [-0.2, -0.15) is 13.1 Å². The molecule has 2 N–H and O–H groups in total. The van der Waals surface area contributed by atoms with Gasteiger partial charge in [0.1, 0.15) is 5.60 Å². The number of carbonyl (C=O) groups excluding carboxylic acids is 2. The van der Waals surface area contributed by atoms with Crippen molar-refractivity contribution in [2.24, 2.45) is 0 Å². The molecular weight excluding hydrogens is 374 g/mol. The Morgan fingerprint density at radius 2 is 2.04 bits per heavy atom. The Labute approximate surface area is 159 Å². The van der Waals surface area contributed by atoms with E-state index in [4.69, 9.17) is 9.47 Å². The van der Waals surface area contributed by atoms with Crippen molar-refractivity contribution >= 4 is 22.3 Å². The molecule has 27 heavy (non-hydrogen) atoms. The lowest BCUT2D eigenvalue weighted by atomic mass is 10.0. The zero-order valence-electron chi connectivity index (χ0n) is 16.0. The second-order valence-corrected chi connectivity index (χ2v) is 8.49. The Morgan fingerprint density at radius 1 is 1.37 bits per heavy atom. The molecule has 0 radical (unpaired) electrons. The third-order valence-electron chi connectivity index (χ3n) is 4.02. The molecule has 0 aromatic heterocycles. The zero-order valence-corrected chi connectivity index (χ0v) is 16.8. The molecule has 2 rings (SSSR count). The molecular formula is C17H25N3O6S. The van der Waals surface area contributed by atoms with Gasteiger partial charge in [0.15, 0.2) is 11.5 Å². The summed E-state index contributed by atoms with van der Waals surface area (Å²) in [6, 6.07) is 3.63. The molecule has 1 aliphatic rings. The largest absolute Gasteiger partial charge is 0.483 e. The number of rotatable bonds is 5. The van der Waals surface area contributed by atoms with Crippen LogP contribution in [0, 0.1) is 0 Å². The molecule has 1 aromatic carbocycles. The van der Waals surface area contributed by atoms with E-state index in [1.165, 1.54) is 0 Å². The number of nitrogens with one attached hydrogen (secondary N) is 2. The number of benzene rings is 1. The summed E-state index contributed by atoms with van der Waals surface area (Å²) in [7, 11) is -2.98. The van der Waals surface area contributed by atoms with Crippen LogP contribution in [0.5, 0.6) is 11.5 Å². The van der Waals surface area contributed by atoms with Crippen molar-refractivity contribution in [3.63, 3.8) is 0 Å². The average Bonchev–Trinajstić information content (AvgIpc) is 2.87. The van der Waals surface area contributed by atoms with Crippen LogP contribution < -0.4 is 18.9 Å². The average molecular weight is 399 g/mol. The van der Waals surface area contributed by atoms with Crippen molar-refractivity contribution < 1.29 is 27.5 Å². The van der Waals surface area contributed by atoms with Gasteiger partial charge in [0, 0.05) is 25.1 Å². The minimum absolute atomic E-state index is 0.170. The number of hydrogen-bond donors (Lipinski definition) is 2. The first kappa shape index (κ1) is 21.0. The van der Waals surface area contributed by atoms with E-state index in [2.05, 4.69) is 4.72 Å². The Morgan fingerprint density at radius 3 is 2.67 bits per heavy atom. The van der Waals surface area contributed by atoms with Crippen molar-refractivity contribution in [1.82, 2.24) is 14.3 Å². The molecule has 3 amide bonds. The monoisotopic (exact) mass is 399 g/mol. The Hall–Kier alpha value is -2.33. The second-order valence-electron chi connectivity index (χ2n) is 7.05. The van der Waals surface area contributed by atoms with Gasteiger partial charge < -0.3 is 9.47 Å². The predicted molar refractivity (Wildman–Crippen MR) is 99.0 cm³/mol. The first-order valence-corrected chi connectivity index (χ1v) is 10.0. The number of ether oxygens (including phenoxy) is 2. The summed E-state index contributed by atoms with van der Waals surface area (Å²) >= 11 is 0. The fourth-order valence-corrected chi connectivity index (χ4v) is 3.60. The van der Waals surface area contributed by atoms with Gasteiger partial charge in [-0.25, -0.2) is 19.2 Å². The number of hydrogen-bond acceptors (Lipinski definition) is 6. The van der Waals surface area contributed by atoms with Crippen molar-refractivity contribution in [1.29, 1.82) is 0 Å². The van der Waals surface area contributed by atoms with Gasteiger partial charge >= 0.3 is 22.3 Å². The van der Waals surface area contributed by atoms with E-state index in [1.807, 2.05) is 19.9 Å². The molecule has 0 fully saturated rings. The van der Waals surface area contributed by atoms with Crippen LogP contribution in [-0.4, -0.2) is 44.1 Å². The standard InChI is InChI=1S/C17H25N3O6S/c1-6-11(2)18-27(23,24)19-15(21)20(5)16(22)25-13-9-7-8-12-10-17(3,4)26-14(12)13/h7-9,11,18H,6,10H2,1-5H3,(H,19,21). The van der Waals surface area contributed by atoms with E-state index in [1.54, 1.807) is 30.7 Å². The maximum absolute atomic E-state index is 12.3. The molecule has 0 aliphatic carbocycles. The highest BCUT2D eigenvalue weighted by Crippen LogP contribution is 2.41. The topological polar surface area (TPSA) is 114 Å². The fraction of sp³-hybridized carbons (Fsp3) is 0.529. The molecule has 1 unspecified atom stereocenters. The molecule has 0 spiro atoms. The molecule has 1 aliphatic heterocycles. The van der Waals surface area contributed by atoms with Crippen molar-refractivity contribution in [3.8, 4) is 11.5 Å². The smallest absolute Gasteiger partial charge is 0.423 e. The third kappa shape index (κ3) is 5.33.